The zero-order valence-corrected chi connectivity index (χ0v) is 16.7. The fraction of sp³-hybridized carbons (Fsp3) is 0.500. The van der Waals surface area contributed by atoms with Gasteiger partial charge in [0.2, 0.25) is 11.5 Å². The lowest BCUT2D eigenvalue weighted by Gasteiger charge is -2.32. The Morgan fingerprint density at radius 2 is 1.90 bits per heavy atom. The van der Waals surface area contributed by atoms with E-state index in [0.717, 1.165) is 42.0 Å². The Balaban J connectivity index is 1.76. The van der Waals surface area contributed by atoms with Crippen LogP contribution in [0.1, 0.15) is 43.5 Å². The molecule has 0 radical (unpaired) electrons. The minimum absolute atomic E-state index is 0.196. The number of amides is 1. The fourth-order valence-electron chi connectivity index (χ4n) is 4.06. The summed E-state index contributed by atoms with van der Waals surface area (Å²) < 4.78 is 42.0. The molecule has 3 rings (SSSR count). The van der Waals surface area contributed by atoms with Crippen LogP contribution in [-0.2, 0) is 22.9 Å². The van der Waals surface area contributed by atoms with E-state index in [2.05, 4.69) is 10.3 Å². The zero-order chi connectivity index (χ0) is 21.3. The largest absolute Gasteiger partial charge is 0.425 e. The van der Waals surface area contributed by atoms with Gasteiger partial charge >= 0.3 is 6.18 Å². The van der Waals surface area contributed by atoms with Crippen molar-refractivity contribution in [3.8, 4) is 0 Å². The second-order valence-corrected chi connectivity index (χ2v) is 8.10. The Morgan fingerprint density at radius 1 is 1.28 bits per heavy atom. The maximum absolute atomic E-state index is 13.6. The predicted molar refractivity (Wildman–Crippen MR) is 102 cm³/mol. The third-order valence-electron chi connectivity index (χ3n) is 5.72. The van der Waals surface area contributed by atoms with Crippen molar-refractivity contribution in [1.29, 1.82) is 0 Å². The first-order chi connectivity index (χ1) is 13.6. The average Bonchev–Trinajstić information content (AvgIpc) is 3.29. The van der Waals surface area contributed by atoms with Gasteiger partial charge in [0, 0.05) is 36.4 Å². The van der Waals surface area contributed by atoms with Crippen molar-refractivity contribution < 1.29 is 23.1 Å². The molecule has 5 nitrogen and oxygen atoms in total. The molecule has 158 valence electrons. The number of nitrogens with one attached hydrogen (secondary N) is 1. The number of carbonyl (C=O) groups excluding carboxylic acids is 1. The summed E-state index contributed by atoms with van der Waals surface area (Å²) in [6.07, 6.45) is -0.190. The molecule has 9 heteroatoms. The van der Waals surface area contributed by atoms with E-state index in [4.69, 9.17) is 11.6 Å². The summed E-state index contributed by atoms with van der Waals surface area (Å²) in [4.78, 5) is 16.1. The van der Waals surface area contributed by atoms with E-state index in [1.807, 2.05) is 12.1 Å². The smallest absolute Gasteiger partial charge is 0.374 e. The first kappa shape index (κ1) is 21.6. The molecule has 0 bridgehead atoms. The number of benzene rings is 1. The minimum atomic E-state index is -5.05. The van der Waals surface area contributed by atoms with Crippen molar-refractivity contribution in [3.05, 3.63) is 53.1 Å². The Hall–Kier alpha value is -2.06. The van der Waals surface area contributed by atoms with Gasteiger partial charge in [-0.2, -0.15) is 13.2 Å². The SMILES string of the molecule is Cn1ccnc1C(O)(CC(=O)NCC1(c2ccc(Cl)cc2)CCCC1)C(F)(F)F. The normalized spacial score (nSPS) is 18.4. The quantitative estimate of drug-likeness (QED) is 0.733. The highest BCUT2D eigenvalue weighted by atomic mass is 35.5. The predicted octanol–water partition coefficient (Wildman–Crippen LogP) is 3.84. The van der Waals surface area contributed by atoms with E-state index in [1.54, 1.807) is 12.1 Å². The molecule has 1 fully saturated rings. The first-order valence-electron chi connectivity index (χ1n) is 9.37. The number of carbonyl (C=O) groups is 1. The highest BCUT2D eigenvalue weighted by Gasteiger charge is 2.58. The summed E-state index contributed by atoms with van der Waals surface area (Å²) in [6, 6.07) is 7.31. The molecule has 1 aliphatic carbocycles. The number of imidazole rings is 1. The standard InChI is InChI=1S/C20H23ClF3N3O2/c1-27-11-10-25-17(27)19(29,20(22,23)24)12-16(28)26-13-18(8-2-3-9-18)14-4-6-15(21)7-5-14/h4-7,10-11,29H,2-3,8-9,12-13H2,1H3,(H,26,28). The van der Waals surface area contributed by atoms with Crippen LogP contribution < -0.4 is 5.32 Å². The second-order valence-electron chi connectivity index (χ2n) is 7.67. The maximum atomic E-state index is 13.6. The monoisotopic (exact) mass is 429 g/mol. The molecule has 1 aromatic heterocycles. The van der Waals surface area contributed by atoms with Crippen molar-refractivity contribution in [1.82, 2.24) is 14.9 Å². The number of halogens is 4. The molecule has 1 amide bonds. The molecule has 0 aliphatic heterocycles. The molecule has 29 heavy (non-hydrogen) atoms. The first-order valence-corrected chi connectivity index (χ1v) is 9.75. The lowest BCUT2D eigenvalue weighted by molar-refractivity contribution is -0.271. The molecular formula is C20H23ClF3N3O2. The molecular weight excluding hydrogens is 407 g/mol. The van der Waals surface area contributed by atoms with Crippen LogP contribution in [0.3, 0.4) is 0 Å². The van der Waals surface area contributed by atoms with Gasteiger partial charge in [-0.1, -0.05) is 36.6 Å². The Labute approximate surface area is 171 Å². The van der Waals surface area contributed by atoms with Crippen molar-refractivity contribution in [3.63, 3.8) is 0 Å². The lowest BCUT2D eigenvalue weighted by atomic mass is 9.78. The van der Waals surface area contributed by atoms with Gasteiger partial charge < -0.3 is 15.0 Å². The number of aryl methyl sites for hydroxylation is 1. The number of nitrogens with zero attached hydrogens (tertiary/aromatic N) is 2. The van der Waals surface area contributed by atoms with Crippen LogP contribution in [0.5, 0.6) is 0 Å². The summed E-state index contributed by atoms with van der Waals surface area (Å²) in [5.74, 6) is -1.50. The van der Waals surface area contributed by atoms with Gasteiger partial charge in [0.05, 0.1) is 6.42 Å². The molecule has 0 spiro atoms. The van der Waals surface area contributed by atoms with Crippen molar-refractivity contribution >= 4 is 17.5 Å². The number of aromatic nitrogens is 2. The minimum Gasteiger partial charge on any atom is -0.374 e. The van der Waals surface area contributed by atoms with Crippen molar-refractivity contribution in [2.45, 2.75) is 49.3 Å². The molecule has 1 aromatic carbocycles. The van der Waals surface area contributed by atoms with E-state index in [-0.39, 0.29) is 12.0 Å². The fourth-order valence-corrected chi connectivity index (χ4v) is 4.18. The maximum Gasteiger partial charge on any atom is 0.425 e. The van der Waals surface area contributed by atoms with Gasteiger partial charge in [-0.05, 0) is 30.5 Å². The molecule has 1 atom stereocenters. The number of hydrogen-bond donors (Lipinski definition) is 2. The summed E-state index contributed by atoms with van der Waals surface area (Å²) in [5.41, 5.74) is -2.71. The average molecular weight is 430 g/mol. The van der Waals surface area contributed by atoms with Crippen LogP contribution >= 0.6 is 11.6 Å². The number of hydrogen-bond acceptors (Lipinski definition) is 3. The van der Waals surface area contributed by atoms with Crippen LogP contribution in [0.15, 0.2) is 36.7 Å². The van der Waals surface area contributed by atoms with Gasteiger partial charge in [-0.3, -0.25) is 4.79 Å². The Bertz CT molecular complexity index is 861. The number of alkyl halides is 3. The molecule has 0 saturated heterocycles. The van der Waals surface area contributed by atoms with Crippen LogP contribution in [0.25, 0.3) is 0 Å². The summed E-state index contributed by atoms with van der Waals surface area (Å²) >= 11 is 5.96. The topological polar surface area (TPSA) is 67.1 Å². The van der Waals surface area contributed by atoms with Crippen LogP contribution in [0, 0.1) is 0 Å². The van der Waals surface area contributed by atoms with E-state index in [9.17, 15) is 23.1 Å². The summed E-state index contributed by atoms with van der Waals surface area (Å²) in [6.45, 7) is 0.196. The van der Waals surface area contributed by atoms with Gasteiger partial charge in [-0.25, -0.2) is 4.98 Å². The van der Waals surface area contributed by atoms with Crippen molar-refractivity contribution in [2.24, 2.45) is 7.05 Å². The molecule has 2 N–H and O–H groups in total. The highest BCUT2D eigenvalue weighted by Crippen LogP contribution is 2.42. The van der Waals surface area contributed by atoms with E-state index in [0.29, 0.717) is 5.02 Å². The van der Waals surface area contributed by atoms with Gasteiger partial charge in [0.15, 0.2) is 5.82 Å². The third kappa shape index (κ3) is 4.28. The van der Waals surface area contributed by atoms with Crippen molar-refractivity contribution in [2.75, 3.05) is 6.54 Å². The van der Waals surface area contributed by atoms with Crippen LogP contribution in [0.4, 0.5) is 13.2 Å². The van der Waals surface area contributed by atoms with Crippen LogP contribution in [-0.4, -0.2) is 33.3 Å². The summed E-state index contributed by atoms with van der Waals surface area (Å²) in [5, 5.41) is 13.6. The molecule has 1 aliphatic rings. The highest BCUT2D eigenvalue weighted by molar-refractivity contribution is 6.30. The zero-order valence-electron chi connectivity index (χ0n) is 16.0. The van der Waals surface area contributed by atoms with Gasteiger partial charge in [0.25, 0.3) is 0 Å². The second kappa shape index (κ2) is 7.99. The summed E-state index contributed by atoms with van der Waals surface area (Å²) in [7, 11) is 1.34. The molecule has 1 saturated carbocycles. The number of aliphatic hydroxyl groups is 1. The number of rotatable bonds is 6. The van der Waals surface area contributed by atoms with E-state index >= 15 is 0 Å². The Morgan fingerprint density at radius 3 is 2.41 bits per heavy atom. The van der Waals surface area contributed by atoms with Crippen LogP contribution in [0.2, 0.25) is 5.02 Å². The molecule has 1 unspecified atom stereocenters. The van der Waals surface area contributed by atoms with E-state index < -0.39 is 29.9 Å². The van der Waals surface area contributed by atoms with Gasteiger partial charge in [0.1, 0.15) is 0 Å². The van der Waals surface area contributed by atoms with Gasteiger partial charge in [-0.15, -0.1) is 0 Å². The molecule has 2 aromatic rings. The Kier molecular flexibility index (Phi) is 5.96. The molecule has 1 heterocycles. The van der Waals surface area contributed by atoms with E-state index in [1.165, 1.54) is 13.2 Å². The lowest BCUT2D eigenvalue weighted by Crippen LogP contribution is -2.49. The third-order valence-corrected chi connectivity index (χ3v) is 5.97.